The second-order valence-corrected chi connectivity index (χ2v) is 8.20. The summed E-state index contributed by atoms with van der Waals surface area (Å²) in [6.45, 7) is 4.04. The SMILES string of the molecule is COc1ccc(NC(=O)CN(C)C(=O)c2cccnc2Sc2ccc(C)c(C)c2)cc1. The number of aromatic nitrogens is 1. The van der Waals surface area contributed by atoms with Crippen LogP contribution < -0.4 is 10.1 Å². The Balaban J connectivity index is 1.68. The van der Waals surface area contributed by atoms with Crippen LogP contribution in [0.1, 0.15) is 21.5 Å². The first-order chi connectivity index (χ1) is 14.9. The van der Waals surface area contributed by atoms with Crippen molar-refractivity contribution < 1.29 is 14.3 Å². The molecule has 1 heterocycles. The van der Waals surface area contributed by atoms with Crippen molar-refractivity contribution in [3.8, 4) is 5.75 Å². The van der Waals surface area contributed by atoms with Gasteiger partial charge in [-0.1, -0.05) is 17.8 Å². The van der Waals surface area contributed by atoms with Gasteiger partial charge in [-0.25, -0.2) is 4.98 Å². The molecule has 2 amide bonds. The van der Waals surface area contributed by atoms with E-state index in [0.29, 0.717) is 22.0 Å². The van der Waals surface area contributed by atoms with Gasteiger partial charge >= 0.3 is 0 Å². The number of anilines is 1. The van der Waals surface area contributed by atoms with Crippen molar-refractivity contribution in [3.05, 3.63) is 77.5 Å². The first-order valence-electron chi connectivity index (χ1n) is 9.77. The van der Waals surface area contributed by atoms with Crippen LogP contribution in [0.3, 0.4) is 0 Å². The second-order valence-electron chi connectivity index (χ2n) is 7.14. The van der Waals surface area contributed by atoms with Gasteiger partial charge in [0.25, 0.3) is 5.91 Å². The number of amides is 2. The zero-order chi connectivity index (χ0) is 22.4. The number of hydrogen-bond acceptors (Lipinski definition) is 5. The molecule has 0 radical (unpaired) electrons. The maximum atomic E-state index is 13.0. The number of nitrogens with zero attached hydrogens (tertiary/aromatic N) is 2. The fourth-order valence-electron chi connectivity index (χ4n) is 2.89. The summed E-state index contributed by atoms with van der Waals surface area (Å²) in [4.78, 5) is 32.2. The van der Waals surface area contributed by atoms with Gasteiger partial charge in [-0.3, -0.25) is 9.59 Å². The van der Waals surface area contributed by atoms with Crippen molar-refractivity contribution in [2.45, 2.75) is 23.8 Å². The Morgan fingerprint density at radius 2 is 1.81 bits per heavy atom. The van der Waals surface area contributed by atoms with Gasteiger partial charge in [0.05, 0.1) is 19.2 Å². The van der Waals surface area contributed by atoms with Gasteiger partial charge in [0.15, 0.2) is 0 Å². The fourth-order valence-corrected chi connectivity index (χ4v) is 3.87. The molecule has 160 valence electrons. The van der Waals surface area contributed by atoms with E-state index in [-0.39, 0.29) is 18.4 Å². The summed E-state index contributed by atoms with van der Waals surface area (Å²) >= 11 is 1.44. The lowest BCUT2D eigenvalue weighted by atomic mass is 10.1. The molecule has 1 aromatic heterocycles. The third kappa shape index (κ3) is 5.86. The number of pyridine rings is 1. The van der Waals surface area contributed by atoms with E-state index in [4.69, 9.17) is 4.74 Å². The van der Waals surface area contributed by atoms with Crippen molar-refractivity contribution in [3.63, 3.8) is 0 Å². The van der Waals surface area contributed by atoms with E-state index in [9.17, 15) is 9.59 Å². The Labute approximate surface area is 186 Å². The van der Waals surface area contributed by atoms with Crippen molar-refractivity contribution in [1.82, 2.24) is 9.88 Å². The minimum absolute atomic E-state index is 0.0759. The molecule has 0 bridgehead atoms. The highest BCUT2D eigenvalue weighted by Crippen LogP contribution is 2.30. The summed E-state index contributed by atoms with van der Waals surface area (Å²) in [6, 6.07) is 16.6. The summed E-state index contributed by atoms with van der Waals surface area (Å²) in [6.07, 6.45) is 1.66. The van der Waals surface area contributed by atoms with Crippen LogP contribution in [-0.4, -0.2) is 42.4 Å². The van der Waals surface area contributed by atoms with Crippen LogP contribution in [0.15, 0.2) is 70.7 Å². The van der Waals surface area contributed by atoms with Crippen LogP contribution in [-0.2, 0) is 4.79 Å². The third-order valence-corrected chi connectivity index (χ3v) is 5.80. The van der Waals surface area contributed by atoms with E-state index in [0.717, 1.165) is 4.90 Å². The Kier molecular flexibility index (Phi) is 7.31. The monoisotopic (exact) mass is 435 g/mol. The Hall–Kier alpha value is -3.32. The Bertz CT molecular complexity index is 1080. The highest BCUT2D eigenvalue weighted by molar-refractivity contribution is 7.99. The normalized spacial score (nSPS) is 10.5. The number of carbonyl (C=O) groups is 2. The van der Waals surface area contributed by atoms with Crippen LogP contribution in [0.5, 0.6) is 5.75 Å². The van der Waals surface area contributed by atoms with E-state index in [1.54, 1.807) is 56.8 Å². The van der Waals surface area contributed by atoms with Gasteiger partial charge in [0.1, 0.15) is 10.8 Å². The predicted octanol–water partition coefficient (Wildman–Crippen LogP) is 4.57. The van der Waals surface area contributed by atoms with Gasteiger partial charge in [0.2, 0.25) is 5.91 Å². The summed E-state index contributed by atoms with van der Waals surface area (Å²) in [5.41, 5.74) is 3.50. The van der Waals surface area contributed by atoms with E-state index in [1.165, 1.54) is 27.8 Å². The quantitative estimate of drug-likeness (QED) is 0.589. The standard InChI is InChI=1S/C24H25N3O3S/c1-16-7-12-20(14-17(16)2)31-23-21(6-5-13-25-23)24(29)27(3)15-22(28)26-18-8-10-19(30-4)11-9-18/h5-14H,15H2,1-4H3,(H,26,28). The topological polar surface area (TPSA) is 71.5 Å². The van der Waals surface area contributed by atoms with Crippen LogP contribution in [0, 0.1) is 13.8 Å². The predicted molar refractivity (Wildman–Crippen MR) is 123 cm³/mol. The first kappa shape index (κ1) is 22.4. The molecule has 31 heavy (non-hydrogen) atoms. The molecule has 0 saturated carbocycles. The number of hydrogen-bond donors (Lipinski definition) is 1. The zero-order valence-corrected chi connectivity index (χ0v) is 18.8. The van der Waals surface area contributed by atoms with E-state index < -0.39 is 0 Å². The molecule has 0 aliphatic carbocycles. The number of methoxy groups -OCH3 is 1. The zero-order valence-electron chi connectivity index (χ0n) is 18.0. The van der Waals surface area contributed by atoms with Gasteiger partial charge in [-0.15, -0.1) is 0 Å². The maximum absolute atomic E-state index is 13.0. The smallest absolute Gasteiger partial charge is 0.256 e. The van der Waals surface area contributed by atoms with Gasteiger partial charge in [-0.2, -0.15) is 0 Å². The average Bonchev–Trinajstić information content (AvgIpc) is 2.76. The molecule has 0 atom stereocenters. The molecule has 0 spiro atoms. The summed E-state index contributed by atoms with van der Waals surface area (Å²) < 4.78 is 5.11. The number of nitrogens with one attached hydrogen (secondary N) is 1. The van der Waals surface area contributed by atoms with Gasteiger partial charge in [-0.05, 0) is 73.5 Å². The molecular formula is C24H25N3O3S. The molecule has 3 rings (SSSR count). The van der Waals surface area contributed by atoms with Crippen molar-refractivity contribution in [2.75, 3.05) is 26.0 Å². The number of benzene rings is 2. The van der Waals surface area contributed by atoms with E-state index >= 15 is 0 Å². The first-order valence-corrected chi connectivity index (χ1v) is 10.6. The van der Waals surface area contributed by atoms with Crippen LogP contribution in [0.25, 0.3) is 0 Å². The van der Waals surface area contributed by atoms with Crippen molar-refractivity contribution >= 4 is 29.3 Å². The average molecular weight is 436 g/mol. The molecule has 0 unspecified atom stereocenters. The number of carbonyl (C=O) groups excluding carboxylic acids is 2. The van der Waals surface area contributed by atoms with Crippen molar-refractivity contribution in [2.24, 2.45) is 0 Å². The third-order valence-electron chi connectivity index (χ3n) is 4.80. The molecular weight excluding hydrogens is 410 g/mol. The largest absolute Gasteiger partial charge is 0.497 e. The number of rotatable bonds is 7. The number of aryl methyl sites for hydroxylation is 2. The molecule has 1 N–H and O–H groups in total. The molecule has 7 heteroatoms. The van der Waals surface area contributed by atoms with Crippen LogP contribution in [0.2, 0.25) is 0 Å². The van der Waals surface area contributed by atoms with Gasteiger partial charge < -0.3 is 15.0 Å². The summed E-state index contributed by atoms with van der Waals surface area (Å²) in [5.74, 6) is 0.160. The molecule has 2 aromatic carbocycles. The Morgan fingerprint density at radius 1 is 1.06 bits per heavy atom. The minimum Gasteiger partial charge on any atom is -0.497 e. The van der Waals surface area contributed by atoms with Gasteiger partial charge in [0, 0.05) is 23.8 Å². The molecule has 0 aliphatic heterocycles. The summed E-state index contributed by atoms with van der Waals surface area (Å²) in [7, 11) is 3.19. The molecule has 6 nitrogen and oxygen atoms in total. The van der Waals surface area contributed by atoms with Crippen molar-refractivity contribution in [1.29, 1.82) is 0 Å². The fraction of sp³-hybridized carbons (Fsp3) is 0.208. The lowest BCUT2D eigenvalue weighted by molar-refractivity contribution is -0.116. The van der Waals surface area contributed by atoms with E-state index in [2.05, 4.69) is 36.3 Å². The lowest BCUT2D eigenvalue weighted by Crippen LogP contribution is -2.35. The number of ether oxygens (including phenoxy) is 1. The molecule has 0 aliphatic rings. The molecule has 0 fully saturated rings. The van der Waals surface area contributed by atoms with E-state index in [1.807, 2.05) is 6.07 Å². The second kappa shape index (κ2) is 10.1. The minimum atomic E-state index is -0.284. The maximum Gasteiger partial charge on any atom is 0.256 e. The molecule has 3 aromatic rings. The Morgan fingerprint density at radius 3 is 2.48 bits per heavy atom. The van der Waals surface area contributed by atoms with Crippen LogP contribution >= 0.6 is 11.8 Å². The number of likely N-dealkylation sites (N-methyl/N-ethyl adjacent to an activating group) is 1. The molecule has 0 saturated heterocycles. The highest BCUT2D eigenvalue weighted by Gasteiger charge is 2.19. The highest BCUT2D eigenvalue weighted by atomic mass is 32.2. The van der Waals surface area contributed by atoms with Crippen LogP contribution in [0.4, 0.5) is 5.69 Å². The summed E-state index contributed by atoms with van der Waals surface area (Å²) in [5, 5.41) is 3.40. The lowest BCUT2D eigenvalue weighted by Gasteiger charge is -2.18.